The number of anilines is 2. The van der Waals surface area contributed by atoms with Gasteiger partial charge >= 0.3 is 0 Å². The second kappa shape index (κ2) is 5.82. The van der Waals surface area contributed by atoms with E-state index in [-0.39, 0.29) is 23.5 Å². The van der Waals surface area contributed by atoms with Crippen LogP contribution in [0, 0.1) is 0 Å². The predicted octanol–water partition coefficient (Wildman–Crippen LogP) is 0.779. The SMILES string of the molecule is C[S@@](=O)c1nncn1CC(=O)N1c2ccccc2NC(=O)C1(C)C. The Morgan fingerprint density at radius 2 is 2.04 bits per heavy atom. The summed E-state index contributed by atoms with van der Waals surface area (Å²) in [5, 5.41) is 10.5. The first kappa shape index (κ1) is 16.3. The molecular weight excluding hydrogens is 330 g/mol. The van der Waals surface area contributed by atoms with Gasteiger partial charge in [-0.3, -0.25) is 23.3 Å². The average molecular weight is 347 g/mol. The number of benzene rings is 1. The van der Waals surface area contributed by atoms with E-state index in [1.807, 2.05) is 0 Å². The zero-order valence-electron chi connectivity index (χ0n) is 13.5. The van der Waals surface area contributed by atoms with Gasteiger partial charge in [-0.15, -0.1) is 10.2 Å². The lowest BCUT2D eigenvalue weighted by molar-refractivity contribution is -0.126. The number of rotatable bonds is 3. The Morgan fingerprint density at radius 3 is 2.75 bits per heavy atom. The van der Waals surface area contributed by atoms with E-state index in [0.717, 1.165) is 0 Å². The molecule has 0 fully saturated rings. The van der Waals surface area contributed by atoms with Gasteiger partial charge in [0, 0.05) is 6.26 Å². The Kier molecular flexibility index (Phi) is 3.96. The third-order valence-electron chi connectivity index (χ3n) is 3.90. The highest BCUT2D eigenvalue weighted by molar-refractivity contribution is 7.84. The van der Waals surface area contributed by atoms with Gasteiger partial charge in [0.05, 0.1) is 22.2 Å². The summed E-state index contributed by atoms with van der Waals surface area (Å²) < 4.78 is 13.1. The van der Waals surface area contributed by atoms with E-state index in [0.29, 0.717) is 11.4 Å². The first-order valence-corrected chi connectivity index (χ1v) is 8.83. The minimum atomic E-state index is -1.36. The van der Waals surface area contributed by atoms with Crippen molar-refractivity contribution in [1.29, 1.82) is 0 Å². The van der Waals surface area contributed by atoms with Crippen LogP contribution >= 0.6 is 0 Å². The summed E-state index contributed by atoms with van der Waals surface area (Å²) in [4.78, 5) is 26.8. The van der Waals surface area contributed by atoms with Crippen molar-refractivity contribution in [3.8, 4) is 0 Å². The number of fused-ring (bicyclic) bond motifs is 1. The molecule has 9 heteroatoms. The lowest BCUT2D eigenvalue weighted by atomic mass is 9.96. The zero-order valence-corrected chi connectivity index (χ0v) is 14.3. The summed E-state index contributed by atoms with van der Waals surface area (Å²) in [6, 6.07) is 7.11. The third-order valence-corrected chi connectivity index (χ3v) is 4.73. The van der Waals surface area contributed by atoms with Crippen molar-refractivity contribution in [3.63, 3.8) is 0 Å². The van der Waals surface area contributed by atoms with Gasteiger partial charge < -0.3 is 5.32 Å². The standard InChI is InChI=1S/C15H17N5O3S/c1-15(2)13(22)17-10-6-4-5-7-11(10)20(15)12(21)8-19-9-16-18-14(19)24(3)23/h4-7,9H,8H2,1-3H3,(H,17,22)/t24-/m1/s1. The Labute approximate surface area is 141 Å². The van der Waals surface area contributed by atoms with Crippen LogP contribution in [0.4, 0.5) is 11.4 Å². The third kappa shape index (κ3) is 2.60. The molecule has 0 radical (unpaired) electrons. The molecule has 8 nitrogen and oxygen atoms in total. The number of hydrogen-bond donors (Lipinski definition) is 1. The molecule has 0 saturated heterocycles. The Bertz CT molecular complexity index is 845. The van der Waals surface area contributed by atoms with Crippen LogP contribution in [0.2, 0.25) is 0 Å². The monoisotopic (exact) mass is 347 g/mol. The molecule has 24 heavy (non-hydrogen) atoms. The fourth-order valence-electron chi connectivity index (χ4n) is 2.69. The quantitative estimate of drug-likeness (QED) is 0.885. The van der Waals surface area contributed by atoms with E-state index in [9.17, 15) is 13.8 Å². The molecule has 1 aromatic carbocycles. The van der Waals surface area contributed by atoms with E-state index in [1.54, 1.807) is 38.1 Å². The Morgan fingerprint density at radius 1 is 1.33 bits per heavy atom. The molecule has 2 amide bonds. The summed E-state index contributed by atoms with van der Waals surface area (Å²) in [5.74, 6) is -0.577. The van der Waals surface area contributed by atoms with Crippen LogP contribution in [0.15, 0.2) is 35.7 Å². The highest BCUT2D eigenvalue weighted by Crippen LogP contribution is 2.36. The number of nitrogens with zero attached hydrogens (tertiary/aromatic N) is 4. The van der Waals surface area contributed by atoms with Crippen molar-refractivity contribution >= 4 is 34.0 Å². The minimum absolute atomic E-state index is 0.104. The van der Waals surface area contributed by atoms with Crippen LogP contribution in [0.3, 0.4) is 0 Å². The van der Waals surface area contributed by atoms with E-state index in [2.05, 4.69) is 15.5 Å². The fraction of sp³-hybridized carbons (Fsp3) is 0.333. The predicted molar refractivity (Wildman–Crippen MR) is 89.0 cm³/mol. The van der Waals surface area contributed by atoms with Crippen LogP contribution in [0.25, 0.3) is 0 Å². The van der Waals surface area contributed by atoms with E-state index < -0.39 is 16.3 Å². The lowest BCUT2D eigenvalue weighted by Crippen LogP contribution is -2.59. The maximum absolute atomic E-state index is 12.9. The number of carbonyl (C=O) groups is 2. The largest absolute Gasteiger partial charge is 0.322 e. The van der Waals surface area contributed by atoms with E-state index >= 15 is 0 Å². The van der Waals surface area contributed by atoms with Crippen molar-refractivity contribution in [1.82, 2.24) is 14.8 Å². The molecule has 2 aromatic rings. The number of aromatic nitrogens is 3. The van der Waals surface area contributed by atoms with Crippen molar-refractivity contribution in [2.24, 2.45) is 0 Å². The van der Waals surface area contributed by atoms with Gasteiger partial charge in [-0.05, 0) is 26.0 Å². The highest BCUT2D eigenvalue weighted by Gasteiger charge is 2.43. The lowest BCUT2D eigenvalue weighted by Gasteiger charge is -2.42. The molecule has 1 aromatic heterocycles. The van der Waals surface area contributed by atoms with Crippen LogP contribution in [0.1, 0.15) is 13.8 Å². The second-order valence-corrected chi connectivity index (χ2v) is 7.23. The maximum Gasteiger partial charge on any atom is 0.250 e. The van der Waals surface area contributed by atoms with Gasteiger partial charge in [0.25, 0.3) is 0 Å². The Hall–Kier alpha value is -2.55. The molecule has 126 valence electrons. The number of nitrogens with one attached hydrogen (secondary N) is 1. The molecule has 1 atom stereocenters. The highest BCUT2D eigenvalue weighted by atomic mass is 32.2. The molecule has 0 bridgehead atoms. The van der Waals surface area contributed by atoms with Crippen LogP contribution in [0.5, 0.6) is 0 Å². The fourth-order valence-corrected chi connectivity index (χ4v) is 3.29. The molecular formula is C15H17N5O3S. The molecule has 0 spiro atoms. The maximum atomic E-state index is 12.9. The molecule has 0 saturated carbocycles. The van der Waals surface area contributed by atoms with Crippen LogP contribution in [-0.2, 0) is 26.9 Å². The normalized spacial score (nSPS) is 17.1. The molecule has 1 aliphatic heterocycles. The van der Waals surface area contributed by atoms with Crippen LogP contribution < -0.4 is 10.2 Å². The number of carbonyl (C=O) groups excluding carboxylic acids is 2. The summed E-state index contributed by atoms with van der Waals surface area (Å²) >= 11 is 0. The van der Waals surface area contributed by atoms with Crippen molar-refractivity contribution in [2.45, 2.75) is 31.1 Å². The zero-order chi connectivity index (χ0) is 17.5. The van der Waals surface area contributed by atoms with E-state index in [4.69, 9.17) is 0 Å². The topological polar surface area (TPSA) is 97.2 Å². The van der Waals surface area contributed by atoms with Gasteiger partial charge in [0.1, 0.15) is 18.4 Å². The van der Waals surface area contributed by atoms with Gasteiger partial charge in [0.15, 0.2) is 0 Å². The van der Waals surface area contributed by atoms with E-state index in [1.165, 1.54) is 22.1 Å². The molecule has 0 unspecified atom stereocenters. The molecule has 1 N–H and O–H groups in total. The van der Waals surface area contributed by atoms with Crippen molar-refractivity contribution < 1.29 is 13.8 Å². The molecule has 0 aliphatic carbocycles. The van der Waals surface area contributed by atoms with Crippen LogP contribution in [-0.4, -0.2) is 42.6 Å². The summed E-state index contributed by atoms with van der Waals surface area (Å²) in [6.07, 6.45) is 2.83. The second-order valence-electron chi connectivity index (χ2n) is 5.95. The number of hydrogen-bond acceptors (Lipinski definition) is 5. The molecule has 3 rings (SSSR count). The summed E-state index contributed by atoms with van der Waals surface area (Å²) in [5.41, 5.74) is 0.155. The first-order valence-electron chi connectivity index (χ1n) is 7.27. The van der Waals surface area contributed by atoms with Crippen molar-refractivity contribution in [2.75, 3.05) is 16.5 Å². The van der Waals surface area contributed by atoms with Gasteiger partial charge in [-0.25, -0.2) is 0 Å². The van der Waals surface area contributed by atoms with Gasteiger partial charge in [-0.2, -0.15) is 0 Å². The summed E-state index contributed by atoms with van der Waals surface area (Å²) in [7, 11) is -1.36. The first-order chi connectivity index (χ1) is 11.3. The van der Waals surface area contributed by atoms with Crippen molar-refractivity contribution in [3.05, 3.63) is 30.6 Å². The molecule has 1 aliphatic rings. The molecule has 2 heterocycles. The minimum Gasteiger partial charge on any atom is -0.322 e. The summed E-state index contributed by atoms with van der Waals surface area (Å²) in [6.45, 7) is 3.26. The smallest absolute Gasteiger partial charge is 0.250 e. The van der Waals surface area contributed by atoms with Gasteiger partial charge in [-0.1, -0.05) is 12.1 Å². The number of para-hydroxylation sites is 2. The average Bonchev–Trinajstić information content (AvgIpc) is 2.96. The van der Waals surface area contributed by atoms with Gasteiger partial charge in [0.2, 0.25) is 17.0 Å². The number of amides is 2. The Balaban J connectivity index is 2.00.